The molecule has 1 aliphatic rings. The quantitative estimate of drug-likeness (QED) is 0.679. The normalized spacial score (nSPS) is 15.5. The van der Waals surface area contributed by atoms with Crippen molar-refractivity contribution in [3.63, 3.8) is 0 Å². The maximum atomic E-state index is 2.42. The molecule has 1 aliphatic carbocycles. The molecular weight excluding hydrogens is 278 g/mol. The number of aryl methyl sites for hydroxylation is 1. The van der Waals surface area contributed by atoms with Gasteiger partial charge in [0.25, 0.3) is 0 Å². The zero-order valence-corrected chi connectivity index (χ0v) is 15.6. The Hall–Kier alpha value is -1.76. The summed E-state index contributed by atoms with van der Waals surface area (Å²) in [6.45, 7) is 13.7. The second-order valence-corrected chi connectivity index (χ2v) is 8.86. The molecule has 0 radical (unpaired) electrons. The maximum absolute atomic E-state index is 2.42. The average Bonchev–Trinajstić information content (AvgIpc) is 2.61. The summed E-state index contributed by atoms with van der Waals surface area (Å²) in [6, 6.07) is 6.94. The van der Waals surface area contributed by atoms with Crippen molar-refractivity contribution in [1.82, 2.24) is 4.57 Å². The number of nitrogens with zero attached hydrogens (tertiary/aromatic N) is 1. The molecule has 1 nitrogen and oxygen atoms in total. The predicted octanol–water partition coefficient (Wildman–Crippen LogP) is 4.41. The molecule has 1 heteroatoms. The van der Waals surface area contributed by atoms with E-state index in [1.807, 2.05) is 0 Å². The molecule has 0 saturated carbocycles. The Morgan fingerprint density at radius 2 is 1.61 bits per heavy atom. The predicted molar refractivity (Wildman–Crippen MR) is 102 cm³/mol. The van der Waals surface area contributed by atoms with Gasteiger partial charge in [-0.1, -0.05) is 65.3 Å². The van der Waals surface area contributed by atoms with Crippen LogP contribution in [0.5, 0.6) is 0 Å². The molecule has 3 rings (SSSR count). The Morgan fingerprint density at radius 3 is 2.22 bits per heavy atom. The molecule has 2 aromatic rings. The lowest BCUT2D eigenvalue weighted by Gasteiger charge is -2.21. The summed E-state index contributed by atoms with van der Waals surface area (Å²) < 4.78 is 2.33. The first-order chi connectivity index (χ1) is 10.6. The van der Waals surface area contributed by atoms with E-state index in [4.69, 9.17) is 0 Å². The van der Waals surface area contributed by atoms with Crippen LogP contribution in [0.25, 0.3) is 23.1 Å². The van der Waals surface area contributed by atoms with Crippen LogP contribution in [0.3, 0.4) is 0 Å². The highest BCUT2D eigenvalue weighted by molar-refractivity contribution is 5.83. The second kappa shape index (κ2) is 5.12. The molecule has 0 fully saturated rings. The molecule has 1 heterocycles. The first-order valence-electron chi connectivity index (χ1n) is 8.59. The van der Waals surface area contributed by atoms with Crippen molar-refractivity contribution < 1.29 is 0 Å². The van der Waals surface area contributed by atoms with E-state index in [9.17, 15) is 0 Å². The van der Waals surface area contributed by atoms with E-state index >= 15 is 0 Å². The zero-order chi connectivity index (χ0) is 17.0. The van der Waals surface area contributed by atoms with Crippen LogP contribution < -0.4 is 10.6 Å². The zero-order valence-electron chi connectivity index (χ0n) is 15.6. The first-order valence-corrected chi connectivity index (χ1v) is 8.59. The summed E-state index contributed by atoms with van der Waals surface area (Å²) in [7, 11) is 2.18. The average molecular weight is 307 g/mol. The van der Waals surface area contributed by atoms with Crippen LogP contribution in [-0.4, -0.2) is 4.57 Å². The van der Waals surface area contributed by atoms with Gasteiger partial charge in [-0.15, -0.1) is 0 Å². The van der Waals surface area contributed by atoms with Gasteiger partial charge in [0, 0.05) is 28.5 Å². The fraction of sp³-hybridized carbons (Fsp3) is 0.455. The van der Waals surface area contributed by atoms with E-state index in [-0.39, 0.29) is 10.8 Å². The fourth-order valence-corrected chi connectivity index (χ4v) is 3.39. The summed E-state index contributed by atoms with van der Waals surface area (Å²) in [5, 5.41) is 4.10. The molecule has 1 aromatic heterocycles. The third kappa shape index (κ3) is 2.78. The van der Waals surface area contributed by atoms with Crippen LogP contribution in [-0.2, 0) is 12.5 Å². The van der Waals surface area contributed by atoms with Crippen molar-refractivity contribution in [2.24, 2.45) is 12.5 Å². The molecule has 122 valence electrons. The molecule has 0 bridgehead atoms. The number of aromatic nitrogens is 1. The van der Waals surface area contributed by atoms with Gasteiger partial charge >= 0.3 is 0 Å². The lowest BCUT2D eigenvalue weighted by atomic mass is 9.84. The second-order valence-electron chi connectivity index (χ2n) is 8.86. The Labute approximate surface area is 140 Å². The standard InChI is InChI=1S/C22H29N/c1-21(2,3)15-8-11-17-18-14-16(22(4,5)6)10-13-20(18)23(7)19(17)12-9-15/h9-14H,8H2,1-7H3. The Kier molecular flexibility index (Phi) is 3.59. The highest BCUT2D eigenvalue weighted by Gasteiger charge is 2.18. The minimum absolute atomic E-state index is 0.181. The maximum Gasteiger partial charge on any atom is 0.0488 e. The highest BCUT2D eigenvalue weighted by Crippen LogP contribution is 2.29. The van der Waals surface area contributed by atoms with Crippen LogP contribution in [0, 0.1) is 5.41 Å². The summed E-state index contributed by atoms with van der Waals surface area (Å²) in [6.07, 6.45) is 8.08. The fourth-order valence-electron chi connectivity index (χ4n) is 3.39. The van der Waals surface area contributed by atoms with Crippen molar-refractivity contribution in [2.45, 2.75) is 53.4 Å². The van der Waals surface area contributed by atoms with Crippen molar-refractivity contribution in [3.05, 3.63) is 46.0 Å². The third-order valence-corrected chi connectivity index (χ3v) is 5.08. The van der Waals surface area contributed by atoms with Crippen molar-refractivity contribution in [3.8, 4) is 0 Å². The molecule has 0 amide bonds. The Morgan fingerprint density at radius 1 is 0.913 bits per heavy atom. The summed E-state index contributed by atoms with van der Waals surface area (Å²) >= 11 is 0. The number of benzene rings is 1. The van der Waals surface area contributed by atoms with E-state index in [1.54, 1.807) is 0 Å². The minimum Gasteiger partial charge on any atom is -0.344 e. The number of fused-ring (bicyclic) bond motifs is 3. The minimum atomic E-state index is 0.181. The largest absolute Gasteiger partial charge is 0.344 e. The SMILES string of the molecule is Cn1c2c(c3cc(C(C)(C)C)ccc31)=CCC(C(C)(C)C)=CC=2. The van der Waals surface area contributed by atoms with Crippen LogP contribution in [0.15, 0.2) is 29.8 Å². The van der Waals surface area contributed by atoms with E-state index in [1.165, 1.54) is 32.6 Å². The summed E-state index contributed by atoms with van der Waals surface area (Å²) in [4.78, 5) is 0. The summed E-state index contributed by atoms with van der Waals surface area (Å²) in [5.74, 6) is 0. The van der Waals surface area contributed by atoms with E-state index < -0.39 is 0 Å². The van der Waals surface area contributed by atoms with Crippen LogP contribution in [0.1, 0.15) is 53.5 Å². The lowest BCUT2D eigenvalue weighted by Crippen LogP contribution is -2.26. The smallest absolute Gasteiger partial charge is 0.0488 e. The van der Waals surface area contributed by atoms with Crippen LogP contribution in [0.2, 0.25) is 0 Å². The molecule has 23 heavy (non-hydrogen) atoms. The molecule has 0 atom stereocenters. The molecule has 0 spiro atoms. The van der Waals surface area contributed by atoms with Gasteiger partial charge in [0.05, 0.1) is 0 Å². The highest BCUT2D eigenvalue weighted by atomic mass is 14.9. The van der Waals surface area contributed by atoms with Gasteiger partial charge in [-0.05, 0) is 41.0 Å². The topological polar surface area (TPSA) is 4.93 Å². The number of hydrogen-bond donors (Lipinski definition) is 0. The van der Waals surface area contributed by atoms with E-state index in [2.05, 4.69) is 89.6 Å². The van der Waals surface area contributed by atoms with Gasteiger partial charge in [0.15, 0.2) is 0 Å². The van der Waals surface area contributed by atoms with E-state index in [0.29, 0.717) is 0 Å². The Bertz CT molecular complexity index is 906. The molecule has 0 aliphatic heterocycles. The molecule has 0 saturated heterocycles. The molecular formula is C22H29N. The number of rotatable bonds is 0. The Balaban J connectivity index is 2.30. The van der Waals surface area contributed by atoms with Crippen LogP contribution >= 0.6 is 0 Å². The van der Waals surface area contributed by atoms with Crippen LogP contribution in [0.4, 0.5) is 0 Å². The number of hydrogen-bond acceptors (Lipinski definition) is 0. The number of allylic oxidation sites excluding steroid dienone is 2. The van der Waals surface area contributed by atoms with Gasteiger partial charge in [0.1, 0.15) is 0 Å². The van der Waals surface area contributed by atoms with Crippen molar-refractivity contribution in [2.75, 3.05) is 0 Å². The van der Waals surface area contributed by atoms with Gasteiger partial charge in [-0.25, -0.2) is 0 Å². The van der Waals surface area contributed by atoms with Gasteiger partial charge in [-0.2, -0.15) is 0 Å². The molecule has 0 unspecified atom stereocenters. The first kappa shape index (κ1) is 16.1. The molecule has 0 N–H and O–H groups in total. The van der Waals surface area contributed by atoms with Gasteiger partial charge < -0.3 is 4.57 Å². The monoisotopic (exact) mass is 307 g/mol. The van der Waals surface area contributed by atoms with Gasteiger partial charge in [0.2, 0.25) is 0 Å². The van der Waals surface area contributed by atoms with E-state index in [0.717, 1.165) is 6.42 Å². The van der Waals surface area contributed by atoms with Crippen molar-refractivity contribution >= 4 is 23.1 Å². The molecule has 1 aromatic carbocycles. The van der Waals surface area contributed by atoms with Crippen molar-refractivity contribution in [1.29, 1.82) is 0 Å². The lowest BCUT2D eigenvalue weighted by molar-refractivity contribution is 0.497. The van der Waals surface area contributed by atoms with Gasteiger partial charge in [-0.3, -0.25) is 0 Å². The third-order valence-electron chi connectivity index (χ3n) is 5.08. The summed E-state index contributed by atoms with van der Waals surface area (Å²) in [5.41, 5.74) is 4.62.